The number of phenols is 1. The number of fused-ring (bicyclic) bond motifs is 1. The van der Waals surface area contributed by atoms with E-state index < -0.39 is 0 Å². The molecule has 5 heteroatoms. The lowest BCUT2D eigenvalue weighted by Gasteiger charge is -2.18. The summed E-state index contributed by atoms with van der Waals surface area (Å²) in [6, 6.07) is 4.42. The Bertz CT molecular complexity index is 562. The minimum absolute atomic E-state index is 0.0549. The van der Waals surface area contributed by atoms with Crippen molar-refractivity contribution in [2.24, 2.45) is 17.8 Å². The molecule has 1 saturated carbocycles. The lowest BCUT2D eigenvalue weighted by atomic mass is 10.00. The molecule has 106 valence electrons. The number of imide groups is 1. The van der Waals surface area contributed by atoms with Crippen LogP contribution in [-0.4, -0.2) is 16.9 Å². The van der Waals surface area contributed by atoms with Gasteiger partial charge in [-0.25, -0.2) is 4.90 Å². The molecule has 2 atom stereocenters. The largest absolute Gasteiger partial charge is 0.506 e. The van der Waals surface area contributed by atoms with Crippen LogP contribution in [0, 0.1) is 17.8 Å². The number of nitrogens with zero attached hydrogens (tertiary/aromatic N) is 1. The molecule has 1 N–H and O–H groups in total. The van der Waals surface area contributed by atoms with Gasteiger partial charge in [0.25, 0.3) is 0 Å². The topological polar surface area (TPSA) is 57.6 Å². The molecule has 2 unspecified atom stereocenters. The first kappa shape index (κ1) is 13.4. The van der Waals surface area contributed by atoms with Gasteiger partial charge in [-0.2, -0.15) is 0 Å². The van der Waals surface area contributed by atoms with Gasteiger partial charge >= 0.3 is 0 Å². The van der Waals surface area contributed by atoms with Gasteiger partial charge in [-0.05, 0) is 37.0 Å². The molecule has 1 aromatic carbocycles. The smallest absolute Gasteiger partial charge is 0.237 e. The summed E-state index contributed by atoms with van der Waals surface area (Å²) in [6.07, 6.45) is 2.61. The van der Waals surface area contributed by atoms with Crippen LogP contribution in [0.2, 0.25) is 5.02 Å². The van der Waals surface area contributed by atoms with Crippen LogP contribution in [0.15, 0.2) is 18.2 Å². The third-order valence-electron chi connectivity index (χ3n) is 4.50. The maximum Gasteiger partial charge on any atom is 0.237 e. The normalized spacial score (nSPS) is 29.1. The van der Waals surface area contributed by atoms with Crippen molar-refractivity contribution in [3.8, 4) is 5.75 Å². The molecule has 2 fully saturated rings. The highest BCUT2D eigenvalue weighted by atomic mass is 35.5. The molecule has 1 aromatic rings. The van der Waals surface area contributed by atoms with Gasteiger partial charge in [0.05, 0.1) is 22.5 Å². The van der Waals surface area contributed by atoms with Crippen molar-refractivity contribution < 1.29 is 14.7 Å². The molecule has 0 radical (unpaired) electrons. The standard InChI is InChI=1S/C15H16ClNO3/c1-2-8-5-10-11(6-8)15(20)17(14(10)19)9-3-4-13(18)12(16)7-9/h3-4,7-8,10-11,18H,2,5-6H2,1H3. The first-order chi connectivity index (χ1) is 9.52. The Labute approximate surface area is 122 Å². The van der Waals surface area contributed by atoms with Crippen LogP contribution in [0.1, 0.15) is 26.2 Å². The van der Waals surface area contributed by atoms with Crippen molar-refractivity contribution >= 4 is 29.1 Å². The summed E-state index contributed by atoms with van der Waals surface area (Å²) >= 11 is 5.85. The maximum atomic E-state index is 12.5. The van der Waals surface area contributed by atoms with Crippen LogP contribution < -0.4 is 4.90 Å². The monoisotopic (exact) mass is 293 g/mol. The van der Waals surface area contributed by atoms with Gasteiger partial charge in [0, 0.05) is 0 Å². The van der Waals surface area contributed by atoms with Crippen LogP contribution in [-0.2, 0) is 9.59 Å². The molecule has 0 spiro atoms. The molecular formula is C15H16ClNO3. The highest BCUT2D eigenvalue weighted by molar-refractivity contribution is 6.32. The first-order valence-corrected chi connectivity index (χ1v) is 7.27. The number of halogens is 1. The van der Waals surface area contributed by atoms with E-state index in [-0.39, 0.29) is 34.4 Å². The summed E-state index contributed by atoms with van der Waals surface area (Å²) in [4.78, 5) is 26.1. The van der Waals surface area contributed by atoms with E-state index in [9.17, 15) is 14.7 Å². The number of carbonyl (C=O) groups is 2. The summed E-state index contributed by atoms with van der Waals surface area (Å²) in [5.74, 6) is -0.195. The zero-order chi connectivity index (χ0) is 14.4. The molecular weight excluding hydrogens is 278 g/mol. The zero-order valence-electron chi connectivity index (χ0n) is 11.2. The van der Waals surface area contributed by atoms with Gasteiger partial charge < -0.3 is 5.11 Å². The van der Waals surface area contributed by atoms with E-state index in [1.807, 2.05) is 0 Å². The first-order valence-electron chi connectivity index (χ1n) is 6.89. The van der Waals surface area contributed by atoms with Crippen LogP contribution >= 0.6 is 11.6 Å². The number of benzene rings is 1. The third kappa shape index (κ3) is 1.90. The Morgan fingerprint density at radius 3 is 2.35 bits per heavy atom. The van der Waals surface area contributed by atoms with E-state index >= 15 is 0 Å². The minimum atomic E-state index is -0.181. The Morgan fingerprint density at radius 2 is 1.85 bits per heavy atom. The van der Waals surface area contributed by atoms with Gasteiger partial charge in [0.1, 0.15) is 5.75 Å². The predicted molar refractivity (Wildman–Crippen MR) is 75.6 cm³/mol. The Kier molecular flexibility index (Phi) is 3.21. The second-order valence-electron chi connectivity index (χ2n) is 5.61. The second kappa shape index (κ2) is 4.77. The van der Waals surface area contributed by atoms with Crippen molar-refractivity contribution in [2.75, 3.05) is 4.90 Å². The van der Waals surface area contributed by atoms with E-state index in [4.69, 9.17) is 11.6 Å². The number of anilines is 1. The Hall–Kier alpha value is -1.55. The van der Waals surface area contributed by atoms with Gasteiger partial charge in [0.2, 0.25) is 11.8 Å². The van der Waals surface area contributed by atoms with Crippen molar-refractivity contribution in [3.63, 3.8) is 0 Å². The summed E-state index contributed by atoms with van der Waals surface area (Å²) in [7, 11) is 0. The highest BCUT2D eigenvalue weighted by Gasteiger charge is 2.52. The average Bonchev–Trinajstić information content (AvgIpc) is 2.94. The van der Waals surface area contributed by atoms with E-state index in [2.05, 4.69) is 6.92 Å². The summed E-state index contributed by atoms with van der Waals surface area (Å²) in [6.45, 7) is 2.10. The number of hydrogen-bond donors (Lipinski definition) is 1. The summed E-state index contributed by atoms with van der Waals surface area (Å²) in [5.41, 5.74) is 0.449. The van der Waals surface area contributed by atoms with E-state index in [1.165, 1.54) is 17.0 Å². The quantitative estimate of drug-likeness (QED) is 0.853. The molecule has 4 nitrogen and oxygen atoms in total. The number of aromatic hydroxyl groups is 1. The van der Waals surface area contributed by atoms with Crippen molar-refractivity contribution in [2.45, 2.75) is 26.2 Å². The molecule has 20 heavy (non-hydrogen) atoms. The molecule has 2 aliphatic rings. The van der Waals surface area contributed by atoms with E-state index in [0.29, 0.717) is 11.6 Å². The molecule has 1 heterocycles. The fourth-order valence-corrected chi connectivity index (χ4v) is 3.53. The lowest BCUT2D eigenvalue weighted by molar-refractivity contribution is -0.123. The molecule has 1 saturated heterocycles. The van der Waals surface area contributed by atoms with Crippen molar-refractivity contribution in [3.05, 3.63) is 23.2 Å². The number of amides is 2. The van der Waals surface area contributed by atoms with Gasteiger partial charge in [0.15, 0.2) is 0 Å². The molecule has 0 aromatic heterocycles. The number of carbonyl (C=O) groups excluding carboxylic acids is 2. The third-order valence-corrected chi connectivity index (χ3v) is 4.80. The molecule has 0 bridgehead atoms. The van der Waals surface area contributed by atoms with Crippen LogP contribution in [0.4, 0.5) is 5.69 Å². The molecule has 2 amide bonds. The van der Waals surface area contributed by atoms with Crippen LogP contribution in [0.5, 0.6) is 5.75 Å². The van der Waals surface area contributed by atoms with Crippen molar-refractivity contribution in [1.29, 1.82) is 0 Å². The predicted octanol–water partition coefficient (Wildman–Crippen LogP) is 2.97. The van der Waals surface area contributed by atoms with Gasteiger partial charge in [-0.3, -0.25) is 9.59 Å². The maximum absolute atomic E-state index is 12.5. The van der Waals surface area contributed by atoms with E-state index in [0.717, 1.165) is 19.3 Å². The second-order valence-corrected chi connectivity index (χ2v) is 6.01. The fourth-order valence-electron chi connectivity index (χ4n) is 3.35. The number of hydrogen-bond acceptors (Lipinski definition) is 3. The molecule has 3 rings (SSSR count). The highest BCUT2D eigenvalue weighted by Crippen LogP contribution is 2.46. The minimum Gasteiger partial charge on any atom is -0.506 e. The summed E-state index contributed by atoms with van der Waals surface area (Å²) in [5, 5.41) is 9.57. The number of phenolic OH excluding ortho intramolecular Hbond substituents is 1. The molecule has 1 aliphatic heterocycles. The van der Waals surface area contributed by atoms with Gasteiger partial charge in [-0.1, -0.05) is 24.9 Å². The Balaban J connectivity index is 1.91. The SMILES string of the molecule is CCC1CC2C(=O)N(c3ccc(O)c(Cl)c3)C(=O)C2C1. The molecule has 1 aliphatic carbocycles. The summed E-state index contributed by atoms with van der Waals surface area (Å²) < 4.78 is 0. The fraction of sp³-hybridized carbons (Fsp3) is 0.467. The van der Waals surface area contributed by atoms with E-state index in [1.54, 1.807) is 6.07 Å². The van der Waals surface area contributed by atoms with Crippen LogP contribution in [0.3, 0.4) is 0 Å². The van der Waals surface area contributed by atoms with Crippen LogP contribution in [0.25, 0.3) is 0 Å². The zero-order valence-corrected chi connectivity index (χ0v) is 11.9. The van der Waals surface area contributed by atoms with Crippen molar-refractivity contribution in [1.82, 2.24) is 0 Å². The van der Waals surface area contributed by atoms with Gasteiger partial charge in [-0.15, -0.1) is 0 Å². The lowest BCUT2D eigenvalue weighted by Crippen LogP contribution is -2.32. The average molecular weight is 294 g/mol. The Morgan fingerprint density at radius 1 is 1.25 bits per heavy atom. The number of rotatable bonds is 2.